The second kappa shape index (κ2) is 10.4. The van der Waals surface area contributed by atoms with E-state index >= 15 is 0 Å². The van der Waals surface area contributed by atoms with E-state index in [-0.39, 0.29) is 6.09 Å². The zero-order chi connectivity index (χ0) is 20.6. The fourth-order valence-corrected chi connectivity index (χ4v) is 3.35. The summed E-state index contributed by atoms with van der Waals surface area (Å²) in [6.45, 7) is 11.7. The van der Waals surface area contributed by atoms with E-state index < -0.39 is 5.60 Å². The maximum Gasteiger partial charge on any atom is 0.410 e. The third kappa shape index (κ3) is 7.82. The molecule has 0 radical (unpaired) electrons. The lowest BCUT2D eigenvalue weighted by Crippen LogP contribution is -2.44. The highest BCUT2D eigenvalue weighted by Gasteiger charge is 2.27. The molecular weight excluding hydrogens is 354 g/mol. The fraction of sp³-hybridized carbons (Fsp3) is 0.714. The molecule has 0 bridgehead atoms. The lowest BCUT2D eigenvalue weighted by atomic mass is 9.95. The van der Waals surface area contributed by atoms with Crippen molar-refractivity contribution in [3.63, 3.8) is 0 Å². The van der Waals surface area contributed by atoms with Gasteiger partial charge >= 0.3 is 6.09 Å². The van der Waals surface area contributed by atoms with Gasteiger partial charge in [-0.25, -0.2) is 9.79 Å². The van der Waals surface area contributed by atoms with Gasteiger partial charge in [-0.2, -0.15) is 0 Å². The maximum absolute atomic E-state index is 12.3. The monoisotopic (exact) mass is 391 g/mol. The number of aromatic nitrogens is 1. The SMILES string of the molecule is CCNC(=NCc1ccn(C)c1)NCCC1CCCN(C(=O)OC(C)(C)C)C1. The second-order valence-electron chi connectivity index (χ2n) is 8.53. The lowest BCUT2D eigenvalue weighted by molar-refractivity contribution is 0.0162. The van der Waals surface area contributed by atoms with Crippen LogP contribution in [0.5, 0.6) is 0 Å². The Balaban J connectivity index is 1.78. The summed E-state index contributed by atoms with van der Waals surface area (Å²) in [6.07, 6.45) is 7.12. The van der Waals surface area contributed by atoms with Crippen LogP contribution in [-0.2, 0) is 18.3 Å². The predicted molar refractivity (Wildman–Crippen MR) is 113 cm³/mol. The van der Waals surface area contributed by atoms with Crippen LogP contribution in [0.3, 0.4) is 0 Å². The first-order chi connectivity index (χ1) is 13.3. The van der Waals surface area contributed by atoms with Crippen molar-refractivity contribution in [2.24, 2.45) is 18.0 Å². The van der Waals surface area contributed by atoms with Gasteiger partial charge in [0.1, 0.15) is 5.60 Å². The van der Waals surface area contributed by atoms with Crippen molar-refractivity contribution in [3.05, 3.63) is 24.0 Å². The third-order valence-corrected chi connectivity index (χ3v) is 4.67. The van der Waals surface area contributed by atoms with Crippen molar-refractivity contribution < 1.29 is 9.53 Å². The molecule has 0 spiro atoms. The Morgan fingerprint density at radius 2 is 2.14 bits per heavy atom. The van der Waals surface area contributed by atoms with Gasteiger partial charge in [-0.05, 0) is 64.5 Å². The normalized spacial score (nSPS) is 18.1. The van der Waals surface area contributed by atoms with E-state index in [0.29, 0.717) is 12.5 Å². The average molecular weight is 392 g/mol. The highest BCUT2D eigenvalue weighted by atomic mass is 16.6. The molecule has 158 valence electrons. The number of nitrogens with one attached hydrogen (secondary N) is 2. The van der Waals surface area contributed by atoms with Crippen molar-refractivity contribution in [1.29, 1.82) is 0 Å². The number of ether oxygens (including phenoxy) is 1. The Morgan fingerprint density at radius 3 is 2.79 bits per heavy atom. The molecule has 0 aromatic carbocycles. The molecule has 28 heavy (non-hydrogen) atoms. The Hall–Kier alpha value is -2.18. The molecule has 0 saturated carbocycles. The summed E-state index contributed by atoms with van der Waals surface area (Å²) in [7, 11) is 2.02. The van der Waals surface area contributed by atoms with E-state index in [1.54, 1.807) is 0 Å². The minimum Gasteiger partial charge on any atom is -0.444 e. The molecule has 0 aliphatic carbocycles. The van der Waals surface area contributed by atoms with Crippen molar-refractivity contribution in [2.45, 2.75) is 59.1 Å². The first-order valence-corrected chi connectivity index (χ1v) is 10.4. The summed E-state index contributed by atoms with van der Waals surface area (Å²) in [5.41, 5.74) is 0.751. The summed E-state index contributed by atoms with van der Waals surface area (Å²) >= 11 is 0. The standard InChI is InChI=1S/C21H37N5O2/c1-6-22-19(24-14-18-10-13-25(5)15-18)23-11-9-17-8-7-12-26(16-17)20(27)28-21(2,3)4/h10,13,15,17H,6-9,11-12,14,16H2,1-5H3,(H2,22,23,24). The number of aryl methyl sites for hydroxylation is 1. The van der Waals surface area contributed by atoms with Crippen LogP contribution in [0.4, 0.5) is 4.79 Å². The molecule has 7 heteroatoms. The molecule has 1 aliphatic rings. The van der Waals surface area contributed by atoms with E-state index in [1.807, 2.05) is 43.5 Å². The van der Waals surface area contributed by atoms with Gasteiger partial charge in [-0.3, -0.25) is 0 Å². The Labute approximate surface area is 169 Å². The molecule has 1 atom stereocenters. The summed E-state index contributed by atoms with van der Waals surface area (Å²) < 4.78 is 7.55. The minimum atomic E-state index is -0.443. The number of aliphatic imine (C=N–C) groups is 1. The maximum atomic E-state index is 12.3. The van der Waals surface area contributed by atoms with Gasteiger partial charge in [-0.15, -0.1) is 0 Å². The summed E-state index contributed by atoms with van der Waals surface area (Å²) in [5.74, 6) is 1.33. The summed E-state index contributed by atoms with van der Waals surface area (Å²) in [5, 5.41) is 6.72. The minimum absolute atomic E-state index is 0.192. The molecular formula is C21H37N5O2. The van der Waals surface area contributed by atoms with Crippen LogP contribution < -0.4 is 10.6 Å². The number of nitrogens with zero attached hydrogens (tertiary/aromatic N) is 3. The number of hydrogen-bond acceptors (Lipinski definition) is 3. The number of piperidine rings is 1. The Kier molecular flexibility index (Phi) is 8.20. The van der Waals surface area contributed by atoms with E-state index in [9.17, 15) is 4.79 Å². The molecule has 1 fully saturated rings. The van der Waals surface area contributed by atoms with E-state index in [4.69, 9.17) is 4.74 Å². The van der Waals surface area contributed by atoms with E-state index in [0.717, 1.165) is 51.4 Å². The van der Waals surface area contributed by atoms with Crippen LogP contribution in [0.25, 0.3) is 0 Å². The molecule has 1 unspecified atom stereocenters. The molecule has 1 aromatic heterocycles. The zero-order valence-electron chi connectivity index (χ0n) is 18.1. The van der Waals surface area contributed by atoms with Gasteiger partial charge in [0.05, 0.1) is 6.54 Å². The number of carbonyl (C=O) groups is 1. The van der Waals surface area contributed by atoms with Crippen LogP contribution in [0.1, 0.15) is 52.5 Å². The summed E-state index contributed by atoms with van der Waals surface area (Å²) in [6, 6.07) is 2.08. The molecule has 7 nitrogen and oxygen atoms in total. The van der Waals surface area contributed by atoms with E-state index in [1.165, 1.54) is 5.56 Å². The topological polar surface area (TPSA) is 70.9 Å². The van der Waals surface area contributed by atoms with Crippen molar-refractivity contribution in [3.8, 4) is 0 Å². The Bertz CT molecular complexity index is 647. The predicted octanol–water partition coefficient (Wildman–Crippen LogP) is 3.12. The summed E-state index contributed by atoms with van der Waals surface area (Å²) in [4.78, 5) is 18.8. The van der Waals surface area contributed by atoms with Gasteiger partial charge in [-0.1, -0.05) is 0 Å². The average Bonchev–Trinajstić information content (AvgIpc) is 3.04. The first-order valence-electron chi connectivity index (χ1n) is 10.4. The Morgan fingerprint density at radius 1 is 1.36 bits per heavy atom. The van der Waals surface area contributed by atoms with E-state index in [2.05, 4.69) is 34.8 Å². The largest absolute Gasteiger partial charge is 0.444 e. The van der Waals surface area contributed by atoms with Gasteiger partial charge in [0, 0.05) is 45.6 Å². The van der Waals surface area contributed by atoms with Crippen molar-refractivity contribution >= 4 is 12.1 Å². The molecule has 2 rings (SSSR count). The molecule has 1 amide bonds. The smallest absolute Gasteiger partial charge is 0.410 e. The van der Waals surface area contributed by atoms with Crippen LogP contribution in [0.2, 0.25) is 0 Å². The highest BCUT2D eigenvalue weighted by molar-refractivity contribution is 5.79. The van der Waals surface area contributed by atoms with Crippen molar-refractivity contribution in [1.82, 2.24) is 20.1 Å². The quantitative estimate of drug-likeness (QED) is 0.577. The van der Waals surface area contributed by atoms with Crippen LogP contribution in [-0.4, -0.2) is 53.3 Å². The molecule has 2 N–H and O–H groups in total. The third-order valence-electron chi connectivity index (χ3n) is 4.67. The number of carbonyl (C=O) groups excluding carboxylic acids is 1. The number of guanidine groups is 1. The van der Waals surface area contributed by atoms with Crippen LogP contribution >= 0.6 is 0 Å². The molecule has 1 aromatic rings. The number of likely N-dealkylation sites (tertiary alicyclic amines) is 1. The van der Waals surface area contributed by atoms with Crippen molar-refractivity contribution in [2.75, 3.05) is 26.2 Å². The molecule has 1 aliphatic heterocycles. The number of rotatable bonds is 6. The highest BCUT2D eigenvalue weighted by Crippen LogP contribution is 2.21. The number of amides is 1. The van der Waals surface area contributed by atoms with Crippen LogP contribution in [0.15, 0.2) is 23.5 Å². The lowest BCUT2D eigenvalue weighted by Gasteiger charge is -2.34. The fourth-order valence-electron chi connectivity index (χ4n) is 3.35. The molecule has 1 saturated heterocycles. The first kappa shape index (κ1) is 22.1. The van der Waals surface area contributed by atoms with Gasteiger partial charge in [0.15, 0.2) is 5.96 Å². The number of hydrogen-bond donors (Lipinski definition) is 2. The molecule has 2 heterocycles. The second-order valence-corrected chi connectivity index (χ2v) is 8.53. The van der Waals surface area contributed by atoms with Gasteiger partial charge in [0.25, 0.3) is 0 Å². The van der Waals surface area contributed by atoms with Gasteiger partial charge in [0.2, 0.25) is 0 Å². The van der Waals surface area contributed by atoms with Gasteiger partial charge < -0.3 is 24.8 Å². The zero-order valence-corrected chi connectivity index (χ0v) is 18.1. The van der Waals surface area contributed by atoms with Crippen LogP contribution in [0, 0.1) is 5.92 Å².